The Morgan fingerprint density at radius 3 is 2.40 bits per heavy atom. The van der Waals surface area contributed by atoms with E-state index in [0.29, 0.717) is 18.0 Å². The fourth-order valence-electron chi connectivity index (χ4n) is 3.98. The Balaban J connectivity index is 1.68. The van der Waals surface area contributed by atoms with E-state index in [0.717, 1.165) is 19.4 Å². The Hall–Kier alpha value is -1.35. The summed E-state index contributed by atoms with van der Waals surface area (Å²) in [4.78, 5) is 13.8. The highest BCUT2D eigenvalue weighted by Crippen LogP contribution is 2.42. The normalized spacial score (nSPS) is 31.1. The summed E-state index contributed by atoms with van der Waals surface area (Å²) in [6, 6.07) is 11.8. The molecule has 2 heterocycles. The van der Waals surface area contributed by atoms with Crippen molar-refractivity contribution in [3.05, 3.63) is 35.9 Å². The van der Waals surface area contributed by atoms with Gasteiger partial charge in [-0.2, -0.15) is 0 Å². The Labute approximate surface area is 120 Å². The van der Waals surface area contributed by atoms with Crippen LogP contribution in [0.3, 0.4) is 0 Å². The van der Waals surface area contributed by atoms with Crippen molar-refractivity contribution in [1.29, 1.82) is 0 Å². The van der Waals surface area contributed by atoms with Crippen LogP contribution in [0.1, 0.15) is 38.2 Å². The fourth-order valence-corrected chi connectivity index (χ4v) is 3.98. The molecule has 0 aromatic heterocycles. The van der Waals surface area contributed by atoms with Gasteiger partial charge in [0.2, 0.25) is 0 Å². The van der Waals surface area contributed by atoms with Crippen LogP contribution in [0.15, 0.2) is 30.3 Å². The number of hydrogen-bond donors (Lipinski definition) is 1. The molecule has 0 amide bonds. The number of benzene rings is 1. The minimum atomic E-state index is -0.633. The third kappa shape index (κ3) is 2.59. The minimum Gasteiger partial charge on any atom is -0.481 e. The standard InChI is InChI=1S/C17H23NO2/c1-12(17(19)20)14-9-15-7-8-16(10-14)18(15)11-13-5-3-2-4-6-13/h2-6,12,14-16H,7-11H2,1H3,(H,19,20). The Bertz CT molecular complexity index is 459. The lowest BCUT2D eigenvalue weighted by Crippen LogP contribution is -2.44. The first-order chi connectivity index (χ1) is 9.65. The highest BCUT2D eigenvalue weighted by Gasteiger charge is 2.43. The largest absolute Gasteiger partial charge is 0.481 e. The number of hydrogen-bond acceptors (Lipinski definition) is 2. The summed E-state index contributed by atoms with van der Waals surface area (Å²) in [6.07, 6.45) is 4.58. The molecule has 1 N–H and O–H groups in total. The number of carbonyl (C=O) groups is 1. The molecule has 0 saturated carbocycles. The summed E-state index contributed by atoms with van der Waals surface area (Å²) in [7, 11) is 0. The van der Waals surface area contributed by atoms with E-state index in [4.69, 9.17) is 0 Å². The number of piperidine rings is 1. The van der Waals surface area contributed by atoms with E-state index >= 15 is 0 Å². The molecule has 1 aromatic rings. The summed E-state index contributed by atoms with van der Waals surface area (Å²) >= 11 is 0. The van der Waals surface area contributed by atoms with Crippen LogP contribution < -0.4 is 0 Å². The molecule has 2 aliphatic rings. The number of carboxylic acids is 1. The van der Waals surface area contributed by atoms with Gasteiger partial charge in [0.25, 0.3) is 0 Å². The van der Waals surface area contributed by atoms with E-state index in [-0.39, 0.29) is 5.92 Å². The van der Waals surface area contributed by atoms with Crippen molar-refractivity contribution in [1.82, 2.24) is 4.90 Å². The van der Waals surface area contributed by atoms with Gasteiger partial charge in [-0.15, -0.1) is 0 Å². The van der Waals surface area contributed by atoms with E-state index in [1.54, 1.807) is 0 Å². The lowest BCUT2D eigenvalue weighted by molar-refractivity contribution is -0.144. The van der Waals surface area contributed by atoms with Gasteiger partial charge in [-0.05, 0) is 37.2 Å². The van der Waals surface area contributed by atoms with Crippen LogP contribution in [0.4, 0.5) is 0 Å². The molecule has 3 atom stereocenters. The molecule has 0 aliphatic carbocycles. The first-order valence-electron chi connectivity index (χ1n) is 7.67. The van der Waals surface area contributed by atoms with E-state index in [9.17, 15) is 9.90 Å². The Morgan fingerprint density at radius 2 is 1.85 bits per heavy atom. The molecule has 3 heteroatoms. The van der Waals surface area contributed by atoms with Crippen molar-refractivity contribution in [2.75, 3.05) is 0 Å². The molecule has 2 saturated heterocycles. The summed E-state index contributed by atoms with van der Waals surface area (Å²) in [5.41, 5.74) is 1.37. The van der Waals surface area contributed by atoms with Gasteiger partial charge in [-0.1, -0.05) is 37.3 Å². The number of nitrogens with zero attached hydrogens (tertiary/aromatic N) is 1. The van der Waals surface area contributed by atoms with Gasteiger partial charge in [0, 0.05) is 18.6 Å². The van der Waals surface area contributed by atoms with Gasteiger partial charge in [-0.3, -0.25) is 9.69 Å². The van der Waals surface area contributed by atoms with Gasteiger partial charge < -0.3 is 5.11 Å². The quantitative estimate of drug-likeness (QED) is 0.916. The first-order valence-corrected chi connectivity index (χ1v) is 7.67. The van der Waals surface area contributed by atoms with Crippen molar-refractivity contribution in [3.8, 4) is 0 Å². The van der Waals surface area contributed by atoms with Crippen molar-refractivity contribution in [2.24, 2.45) is 11.8 Å². The Morgan fingerprint density at radius 1 is 1.25 bits per heavy atom. The monoisotopic (exact) mass is 273 g/mol. The van der Waals surface area contributed by atoms with Gasteiger partial charge in [-0.25, -0.2) is 0 Å². The molecule has 0 spiro atoms. The van der Waals surface area contributed by atoms with Crippen molar-refractivity contribution < 1.29 is 9.90 Å². The molecule has 3 rings (SSSR count). The number of fused-ring (bicyclic) bond motifs is 2. The lowest BCUT2D eigenvalue weighted by atomic mass is 9.81. The first kappa shape index (κ1) is 13.6. The zero-order valence-electron chi connectivity index (χ0n) is 12.0. The maximum Gasteiger partial charge on any atom is 0.306 e. The van der Waals surface area contributed by atoms with Gasteiger partial charge in [0.05, 0.1) is 5.92 Å². The molecular weight excluding hydrogens is 250 g/mol. The molecule has 2 bridgehead atoms. The van der Waals surface area contributed by atoms with E-state index < -0.39 is 5.97 Å². The molecular formula is C17H23NO2. The van der Waals surface area contributed by atoms with Crippen LogP contribution in [0, 0.1) is 11.8 Å². The summed E-state index contributed by atoms with van der Waals surface area (Å²) in [5.74, 6) is -0.472. The second-order valence-corrected chi connectivity index (χ2v) is 6.40. The smallest absolute Gasteiger partial charge is 0.306 e. The summed E-state index contributed by atoms with van der Waals surface area (Å²) < 4.78 is 0. The number of aliphatic carboxylic acids is 1. The zero-order chi connectivity index (χ0) is 14.1. The lowest BCUT2D eigenvalue weighted by Gasteiger charge is -2.40. The third-order valence-electron chi connectivity index (χ3n) is 5.23. The van der Waals surface area contributed by atoms with E-state index in [1.165, 1.54) is 18.4 Å². The SMILES string of the molecule is CC(C(=O)O)C1CC2CCC(C1)N2Cc1ccccc1. The average Bonchev–Trinajstić information content (AvgIpc) is 2.70. The molecule has 3 nitrogen and oxygen atoms in total. The molecule has 1 aromatic carbocycles. The maximum absolute atomic E-state index is 11.2. The predicted molar refractivity (Wildman–Crippen MR) is 78.3 cm³/mol. The second kappa shape index (κ2) is 5.57. The highest BCUT2D eigenvalue weighted by molar-refractivity contribution is 5.69. The summed E-state index contributed by atoms with van der Waals surface area (Å²) in [6.45, 7) is 2.89. The van der Waals surface area contributed by atoms with E-state index in [2.05, 4.69) is 35.2 Å². The van der Waals surface area contributed by atoms with Crippen LogP contribution in [0.5, 0.6) is 0 Å². The van der Waals surface area contributed by atoms with Gasteiger partial charge in [0.15, 0.2) is 0 Å². The van der Waals surface area contributed by atoms with Crippen molar-refractivity contribution in [2.45, 2.75) is 51.2 Å². The van der Waals surface area contributed by atoms with Crippen molar-refractivity contribution in [3.63, 3.8) is 0 Å². The topological polar surface area (TPSA) is 40.5 Å². The van der Waals surface area contributed by atoms with Crippen molar-refractivity contribution >= 4 is 5.97 Å². The highest BCUT2D eigenvalue weighted by atomic mass is 16.4. The molecule has 20 heavy (non-hydrogen) atoms. The van der Waals surface area contributed by atoms with Crippen LogP contribution >= 0.6 is 0 Å². The van der Waals surface area contributed by atoms with Crippen LogP contribution in [-0.2, 0) is 11.3 Å². The van der Waals surface area contributed by atoms with Crippen LogP contribution in [0.2, 0.25) is 0 Å². The summed E-state index contributed by atoms with van der Waals surface area (Å²) in [5, 5.41) is 9.21. The zero-order valence-corrected chi connectivity index (χ0v) is 12.0. The molecule has 2 fully saturated rings. The second-order valence-electron chi connectivity index (χ2n) is 6.40. The van der Waals surface area contributed by atoms with Crippen LogP contribution in [0.25, 0.3) is 0 Å². The number of carboxylic acid groups (broad SMARTS) is 1. The molecule has 3 unspecified atom stereocenters. The average molecular weight is 273 g/mol. The molecule has 108 valence electrons. The van der Waals surface area contributed by atoms with Gasteiger partial charge >= 0.3 is 5.97 Å². The molecule has 0 radical (unpaired) electrons. The van der Waals surface area contributed by atoms with E-state index in [1.807, 2.05) is 6.92 Å². The maximum atomic E-state index is 11.2. The van der Waals surface area contributed by atoms with Crippen LogP contribution in [-0.4, -0.2) is 28.1 Å². The fraction of sp³-hybridized carbons (Fsp3) is 0.588. The predicted octanol–water partition coefficient (Wildman–Crippen LogP) is 3.15. The Kier molecular flexibility index (Phi) is 3.79. The number of rotatable bonds is 4. The van der Waals surface area contributed by atoms with Gasteiger partial charge in [0.1, 0.15) is 0 Å². The molecule has 2 aliphatic heterocycles. The minimum absolute atomic E-state index is 0.197. The third-order valence-corrected chi connectivity index (χ3v) is 5.23.